The van der Waals surface area contributed by atoms with Crippen molar-refractivity contribution in [2.24, 2.45) is 0 Å². The van der Waals surface area contributed by atoms with E-state index in [-0.39, 0.29) is 0 Å². The molecule has 0 fully saturated rings. The van der Waals surface area contributed by atoms with Crippen molar-refractivity contribution in [3.8, 4) is 22.7 Å². The number of hydrogen-bond acceptors (Lipinski definition) is 5. The minimum atomic E-state index is -3.22. The lowest BCUT2D eigenvalue weighted by atomic mass is 9.99. The van der Waals surface area contributed by atoms with Gasteiger partial charge in [0, 0.05) is 30.0 Å². The van der Waals surface area contributed by atoms with E-state index in [0.717, 1.165) is 33.8 Å². The zero-order valence-corrected chi connectivity index (χ0v) is 19.5. The topological polar surface area (TPSA) is 75.4 Å². The largest absolute Gasteiger partial charge is 0.444 e. The lowest BCUT2D eigenvalue weighted by molar-refractivity contribution is 0.395. The van der Waals surface area contributed by atoms with Crippen molar-refractivity contribution in [2.45, 2.75) is 13.0 Å². The van der Waals surface area contributed by atoms with Gasteiger partial charge in [-0.2, -0.15) is 4.31 Å². The normalized spacial score (nSPS) is 14.1. The first kappa shape index (κ1) is 21.7. The molecule has 0 radical (unpaired) electrons. The number of oxazole rings is 1. The molecular formula is C25H22ClN3O3S. The summed E-state index contributed by atoms with van der Waals surface area (Å²) in [6, 6.07) is 21.4. The highest BCUT2D eigenvalue weighted by Crippen LogP contribution is 2.34. The van der Waals surface area contributed by atoms with Crippen molar-refractivity contribution in [2.75, 3.05) is 18.1 Å². The van der Waals surface area contributed by atoms with E-state index < -0.39 is 10.0 Å². The van der Waals surface area contributed by atoms with Crippen LogP contribution in [0.25, 0.3) is 22.7 Å². The summed E-state index contributed by atoms with van der Waals surface area (Å²) in [5.41, 5.74) is 6.32. The van der Waals surface area contributed by atoms with Gasteiger partial charge < -0.3 is 9.73 Å². The molecule has 0 saturated carbocycles. The van der Waals surface area contributed by atoms with Crippen LogP contribution >= 0.6 is 11.6 Å². The van der Waals surface area contributed by atoms with Crippen LogP contribution in [0, 0.1) is 0 Å². The van der Waals surface area contributed by atoms with E-state index >= 15 is 0 Å². The van der Waals surface area contributed by atoms with Crippen LogP contribution in [0.2, 0.25) is 5.02 Å². The van der Waals surface area contributed by atoms with E-state index in [1.807, 2.05) is 66.7 Å². The van der Waals surface area contributed by atoms with Gasteiger partial charge in [0.25, 0.3) is 0 Å². The quantitative estimate of drug-likeness (QED) is 0.396. The van der Waals surface area contributed by atoms with Gasteiger partial charge in [-0.1, -0.05) is 54.1 Å². The lowest BCUT2D eigenvalue weighted by Gasteiger charge is -2.28. The third kappa shape index (κ3) is 4.53. The molecule has 33 heavy (non-hydrogen) atoms. The van der Waals surface area contributed by atoms with Crippen LogP contribution in [0.3, 0.4) is 0 Å². The number of sulfonamides is 1. The third-order valence-electron chi connectivity index (χ3n) is 5.75. The van der Waals surface area contributed by atoms with E-state index in [1.54, 1.807) is 6.26 Å². The highest BCUT2D eigenvalue weighted by molar-refractivity contribution is 7.88. The minimum Gasteiger partial charge on any atom is -0.444 e. The predicted molar refractivity (Wildman–Crippen MR) is 131 cm³/mol. The summed E-state index contributed by atoms with van der Waals surface area (Å²) < 4.78 is 31.1. The molecule has 2 heterocycles. The van der Waals surface area contributed by atoms with Gasteiger partial charge in [0.05, 0.1) is 16.8 Å². The van der Waals surface area contributed by atoms with E-state index in [9.17, 15) is 8.42 Å². The Labute approximate surface area is 197 Å². The number of halogens is 1. The number of aromatic nitrogens is 1. The van der Waals surface area contributed by atoms with Crippen molar-refractivity contribution >= 4 is 33.0 Å². The standard InChI is InChI=1S/C25H22ClN3O3S/c1-33(30,31)29-13-12-20-18(15-29)8-5-9-23(20)27-19-10-11-22(26)21(14-19)25-28-24(16-32-25)17-6-3-2-4-7-17/h2-11,14,16,27H,12-13,15H2,1H3. The van der Waals surface area contributed by atoms with Crippen molar-refractivity contribution in [1.82, 2.24) is 9.29 Å². The van der Waals surface area contributed by atoms with Crippen LogP contribution in [0.1, 0.15) is 11.1 Å². The van der Waals surface area contributed by atoms with E-state index in [0.29, 0.717) is 36.0 Å². The fourth-order valence-electron chi connectivity index (χ4n) is 4.05. The number of anilines is 2. The fourth-order valence-corrected chi connectivity index (χ4v) is 5.04. The van der Waals surface area contributed by atoms with Gasteiger partial charge in [-0.05, 0) is 41.8 Å². The van der Waals surface area contributed by atoms with Crippen LogP contribution in [0.4, 0.5) is 11.4 Å². The second-order valence-electron chi connectivity index (χ2n) is 8.01. The van der Waals surface area contributed by atoms with Crippen LogP contribution < -0.4 is 5.32 Å². The van der Waals surface area contributed by atoms with Gasteiger partial charge in [0.15, 0.2) is 0 Å². The molecule has 0 aliphatic carbocycles. The summed E-state index contributed by atoms with van der Waals surface area (Å²) in [5.74, 6) is 0.446. The zero-order chi connectivity index (χ0) is 23.0. The zero-order valence-electron chi connectivity index (χ0n) is 18.0. The Bertz CT molecular complexity index is 1420. The molecule has 0 atom stereocenters. The number of rotatable bonds is 5. The van der Waals surface area contributed by atoms with Gasteiger partial charge in [-0.3, -0.25) is 0 Å². The van der Waals surface area contributed by atoms with E-state index in [4.69, 9.17) is 16.0 Å². The Hall–Kier alpha value is -3.13. The van der Waals surface area contributed by atoms with Crippen molar-refractivity contribution < 1.29 is 12.8 Å². The molecule has 0 amide bonds. The molecule has 1 N–H and O–H groups in total. The number of nitrogens with zero attached hydrogens (tertiary/aromatic N) is 2. The SMILES string of the molecule is CS(=O)(=O)N1CCc2c(cccc2Nc2ccc(Cl)c(-c3nc(-c4ccccc4)co3)c2)C1. The van der Waals surface area contributed by atoms with Gasteiger partial charge in [-0.15, -0.1) is 0 Å². The van der Waals surface area contributed by atoms with E-state index in [2.05, 4.69) is 10.3 Å². The van der Waals surface area contributed by atoms with Crippen LogP contribution in [-0.2, 0) is 23.0 Å². The van der Waals surface area contributed by atoms with Crippen molar-refractivity contribution in [3.63, 3.8) is 0 Å². The lowest BCUT2D eigenvalue weighted by Crippen LogP contribution is -2.35. The Morgan fingerprint density at radius 3 is 2.67 bits per heavy atom. The Morgan fingerprint density at radius 2 is 1.88 bits per heavy atom. The fraction of sp³-hybridized carbons (Fsp3) is 0.160. The second kappa shape index (κ2) is 8.67. The molecule has 0 saturated heterocycles. The predicted octanol–water partition coefficient (Wildman–Crippen LogP) is 5.72. The molecule has 5 rings (SSSR count). The van der Waals surface area contributed by atoms with Crippen molar-refractivity contribution in [1.29, 1.82) is 0 Å². The molecule has 168 valence electrons. The maximum absolute atomic E-state index is 12.0. The molecule has 1 aromatic heterocycles. The molecule has 1 aliphatic rings. The average molecular weight is 480 g/mol. The molecule has 0 spiro atoms. The number of hydrogen-bond donors (Lipinski definition) is 1. The summed E-state index contributed by atoms with van der Waals surface area (Å²) in [6.07, 6.45) is 3.52. The van der Waals surface area contributed by atoms with Gasteiger partial charge in [0.2, 0.25) is 15.9 Å². The van der Waals surface area contributed by atoms with Crippen LogP contribution in [0.15, 0.2) is 77.4 Å². The summed E-state index contributed by atoms with van der Waals surface area (Å²) in [7, 11) is -3.22. The van der Waals surface area contributed by atoms with Gasteiger partial charge >= 0.3 is 0 Å². The monoisotopic (exact) mass is 479 g/mol. The Morgan fingerprint density at radius 1 is 1.06 bits per heavy atom. The summed E-state index contributed by atoms with van der Waals surface area (Å²) in [5, 5.41) is 4.01. The molecule has 6 nitrogen and oxygen atoms in total. The average Bonchev–Trinajstić information content (AvgIpc) is 3.30. The molecular weight excluding hydrogens is 458 g/mol. The first-order valence-electron chi connectivity index (χ1n) is 10.5. The van der Waals surface area contributed by atoms with Gasteiger partial charge in [0.1, 0.15) is 12.0 Å². The first-order chi connectivity index (χ1) is 15.9. The molecule has 4 aromatic rings. The van der Waals surface area contributed by atoms with Crippen molar-refractivity contribution in [3.05, 3.63) is 89.1 Å². The number of fused-ring (bicyclic) bond motifs is 1. The number of benzene rings is 3. The molecule has 0 unspecified atom stereocenters. The van der Waals surface area contributed by atoms with E-state index in [1.165, 1.54) is 10.6 Å². The highest BCUT2D eigenvalue weighted by atomic mass is 35.5. The second-order valence-corrected chi connectivity index (χ2v) is 10.4. The van der Waals surface area contributed by atoms with Gasteiger partial charge in [-0.25, -0.2) is 13.4 Å². The smallest absolute Gasteiger partial charge is 0.228 e. The summed E-state index contributed by atoms with van der Waals surface area (Å²) >= 11 is 6.47. The van der Waals surface area contributed by atoms with Crippen LogP contribution in [-0.4, -0.2) is 30.5 Å². The highest BCUT2D eigenvalue weighted by Gasteiger charge is 2.24. The Kier molecular flexibility index (Phi) is 5.70. The Balaban J connectivity index is 1.43. The first-order valence-corrected chi connectivity index (χ1v) is 12.7. The number of nitrogens with one attached hydrogen (secondary N) is 1. The summed E-state index contributed by atoms with van der Waals surface area (Å²) in [4.78, 5) is 4.62. The maximum Gasteiger partial charge on any atom is 0.228 e. The molecule has 1 aliphatic heterocycles. The maximum atomic E-state index is 12.0. The molecule has 8 heteroatoms. The molecule has 3 aromatic carbocycles. The summed E-state index contributed by atoms with van der Waals surface area (Å²) in [6.45, 7) is 0.850. The minimum absolute atomic E-state index is 0.383. The molecule has 0 bridgehead atoms. The van der Waals surface area contributed by atoms with Crippen LogP contribution in [0.5, 0.6) is 0 Å². The third-order valence-corrected chi connectivity index (χ3v) is 7.33.